The van der Waals surface area contributed by atoms with Gasteiger partial charge in [0.2, 0.25) is 0 Å². The minimum atomic E-state index is -4.20. The van der Waals surface area contributed by atoms with Crippen molar-refractivity contribution in [2.45, 2.75) is 37.9 Å². The number of likely N-dealkylation sites (N-methyl/N-ethyl adjacent to an activating group) is 1. The molecule has 98 valence electrons. The Bertz CT molecular complexity index is 402. The van der Waals surface area contributed by atoms with E-state index in [0.29, 0.717) is 12.0 Å². The molecule has 0 bridgehead atoms. The average molecular weight is 286 g/mol. The molecule has 1 atom stereocenters. The summed E-state index contributed by atoms with van der Waals surface area (Å²) in [5.74, 6) is 0. The van der Waals surface area contributed by atoms with Crippen molar-refractivity contribution in [3.63, 3.8) is 0 Å². The van der Waals surface area contributed by atoms with Crippen molar-refractivity contribution in [3.05, 3.63) is 21.4 Å². The first-order valence-corrected chi connectivity index (χ1v) is 6.09. The molecule has 1 unspecified atom stereocenters. The molecule has 17 heavy (non-hydrogen) atoms. The van der Waals surface area contributed by atoms with Gasteiger partial charge in [0, 0.05) is 5.54 Å². The second kappa shape index (κ2) is 4.78. The lowest BCUT2D eigenvalue weighted by Crippen LogP contribution is -2.44. The fourth-order valence-electron chi connectivity index (χ4n) is 2.16. The molecular weight excluding hydrogens is 271 g/mol. The third-order valence-corrected chi connectivity index (χ3v) is 4.47. The summed E-state index contributed by atoms with van der Waals surface area (Å²) in [4.78, 5) is -0.413. The molecule has 0 spiro atoms. The Kier molecular flexibility index (Phi) is 4.16. The zero-order valence-corrected chi connectivity index (χ0v) is 11.3. The van der Waals surface area contributed by atoms with Crippen molar-refractivity contribution in [3.8, 4) is 0 Å². The van der Waals surface area contributed by atoms with E-state index in [1.165, 1.54) is 0 Å². The Morgan fingerprint density at radius 3 is 2.59 bits per heavy atom. The van der Waals surface area contributed by atoms with E-state index in [4.69, 9.17) is 0 Å². The van der Waals surface area contributed by atoms with E-state index in [2.05, 4.69) is 5.32 Å². The zero-order chi connectivity index (χ0) is 12.0. The van der Waals surface area contributed by atoms with Crippen molar-refractivity contribution in [1.82, 2.24) is 5.32 Å². The van der Waals surface area contributed by atoms with Gasteiger partial charge in [0.15, 0.2) is 0 Å². The van der Waals surface area contributed by atoms with Crippen LogP contribution in [0.5, 0.6) is 0 Å². The second-order valence-electron chi connectivity index (χ2n) is 4.55. The Morgan fingerprint density at radius 1 is 1.41 bits per heavy atom. The third kappa shape index (κ3) is 2.77. The van der Waals surface area contributed by atoms with E-state index in [1.807, 2.05) is 14.0 Å². The Balaban J connectivity index is 0.00000144. The lowest BCUT2D eigenvalue weighted by atomic mass is 9.80. The quantitative estimate of drug-likeness (QED) is 0.830. The molecule has 1 nitrogen and oxygen atoms in total. The first-order chi connectivity index (χ1) is 7.36. The second-order valence-corrected chi connectivity index (χ2v) is 5.43. The van der Waals surface area contributed by atoms with Crippen molar-refractivity contribution >= 4 is 23.7 Å². The average Bonchev–Trinajstić information content (AvgIpc) is 2.59. The van der Waals surface area contributed by atoms with Gasteiger partial charge in [0.1, 0.15) is 4.88 Å². The molecule has 2 rings (SSSR count). The highest BCUT2D eigenvalue weighted by molar-refractivity contribution is 7.10. The summed E-state index contributed by atoms with van der Waals surface area (Å²) in [5, 5.41) is 4.79. The molecule has 1 aromatic rings. The molecule has 0 radical (unpaired) electrons. The van der Waals surface area contributed by atoms with Gasteiger partial charge in [-0.1, -0.05) is 0 Å². The van der Waals surface area contributed by atoms with Crippen LogP contribution in [-0.2, 0) is 19.0 Å². The highest BCUT2D eigenvalue weighted by atomic mass is 35.5. The fourth-order valence-corrected chi connectivity index (χ4v) is 3.16. The SMILES string of the molecule is CNC1(C)CCc2csc(C(F)(F)F)c2C1.Cl. The molecule has 0 saturated carbocycles. The van der Waals surface area contributed by atoms with Gasteiger partial charge in [0.05, 0.1) is 0 Å². The highest BCUT2D eigenvalue weighted by Gasteiger charge is 2.40. The number of hydrogen-bond acceptors (Lipinski definition) is 2. The molecule has 0 aromatic carbocycles. The standard InChI is InChI=1S/C11H14F3NS.ClH/c1-10(15-2)4-3-7-6-16-9(8(7)5-10)11(12,13)14;/h6,15H,3-5H2,1-2H3;1H. The molecule has 0 saturated heterocycles. The monoisotopic (exact) mass is 285 g/mol. The van der Waals surface area contributed by atoms with Crippen LogP contribution in [0.1, 0.15) is 29.3 Å². The van der Waals surface area contributed by atoms with E-state index in [9.17, 15) is 13.2 Å². The zero-order valence-electron chi connectivity index (χ0n) is 9.65. The van der Waals surface area contributed by atoms with Crippen LogP contribution in [0.4, 0.5) is 13.2 Å². The number of nitrogens with one attached hydrogen (secondary N) is 1. The van der Waals surface area contributed by atoms with Crippen molar-refractivity contribution in [2.75, 3.05) is 7.05 Å². The summed E-state index contributed by atoms with van der Waals surface area (Å²) < 4.78 is 38.3. The molecule has 1 heterocycles. The smallest absolute Gasteiger partial charge is 0.314 e. The molecule has 6 heteroatoms. The van der Waals surface area contributed by atoms with Crippen LogP contribution < -0.4 is 5.32 Å². The maximum Gasteiger partial charge on any atom is 0.425 e. The number of rotatable bonds is 1. The molecular formula is C11H15ClF3NS. The van der Waals surface area contributed by atoms with Crippen LogP contribution in [0.15, 0.2) is 5.38 Å². The molecule has 1 aliphatic rings. The van der Waals surface area contributed by atoms with Gasteiger partial charge in [-0.05, 0) is 49.7 Å². The van der Waals surface area contributed by atoms with E-state index >= 15 is 0 Å². The lowest BCUT2D eigenvalue weighted by molar-refractivity contribution is -0.135. The van der Waals surface area contributed by atoms with Crippen LogP contribution in [0.3, 0.4) is 0 Å². The number of fused-ring (bicyclic) bond motifs is 1. The van der Waals surface area contributed by atoms with Gasteiger partial charge in [-0.15, -0.1) is 23.7 Å². The first kappa shape index (κ1) is 14.8. The van der Waals surface area contributed by atoms with Crippen LogP contribution in [0.2, 0.25) is 0 Å². The number of aryl methyl sites for hydroxylation is 1. The van der Waals surface area contributed by atoms with Gasteiger partial charge < -0.3 is 5.32 Å². The minimum Gasteiger partial charge on any atom is -0.314 e. The summed E-state index contributed by atoms with van der Waals surface area (Å²) in [7, 11) is 1.81. The topological polar surface area (TPSA) is 12.0 Å². The molecule has 0 amide bonds. The Hall–Kier alpha value is -0.260. The fraction of sp³-hybridized carbons (Fsp3) is 0.636. The van der Waals surface area contributed by atoms with Gasteiger partial charge in [0.25, 0.3) is 0 Å². The number of thiophene rings is 1. The molecule has 0 fully saturated rings. The Morgan fingerprint density at radius 2 is 2.06 bits per heavy atom. The Labute approximate surface area is 109 Å². The predicted octanol–water partition coefficient (Wildman–Crippen LogP) is 3.66. The molecule has 1 aromatic heterocycles. The third-order valence-electron chi connectivity index (χ3n) is 3.35. The van der Waals surface area contributed by atoms with Crippen molar-refractivity contribution in [1.29, 1.82) is 0 Å². The van der Waals surface area contributed by atoms with Crippen LogP contribution in [-0.4, -0.2) is 12.6 Å². The van der Waals surface area contributed by atoms with E-state index in [0.717, 1.165) is 29.7 Å². The molecule has 1 aliphatic carbocycles. The number of hydrogen-bond donors (Lipinski definition) is 1. The van der Waals surface area contributed by atoms with Crippen molar-refractivity contribution < 1.29 is 13.2 Å². The highest BCUT2D eigenvalue weighted by Crippen LogP contribution is 2.42. The largest absolute Gasteiger partial charge is 0.425 e. The van der Waals surface area contributed by atoms with E-state index < -0.39 is 11.1 Å². The van der Waals surface area contributed by atoms with Gasteiger partial charge >= 0.3 is 6.18 Å². The molecule has 0 aliphatic heterocycles. The molecule has 1 N–H and O–H groups in total. The van der Waals surface area contributed by atoms with Gasteiger partial charge in [-0.25, -0.2) is 0 Å². The van der Waals surface area contributed by atoms with Crippen LogP contribution in [0, 0.1) is 0 Å². The maximum absolute atomic E-state index is 12.8. The van der Waals surface area contributed by atoms with E-state index in [-0.39, 0.29) is 17.9 Å². The van der Waals surface area contributed by atoms with Crippen LogP contribution in [0.25, 0.3) is 0 Å². The number of alkyl halides is 3. The van der Waals surface area contributed by atoms with Crippen LogP contribution >= 0.6 is 23.7 Å². The lowest BCUT2D eigenvalue weighted by Gasteiger charge is -2.34. The summed E-state index contributed by atoms with van der Waals surface area (Å²) in [5.41, 5.74) is 1.18. The summed E-state index contributed by atoms with van der Waals surface area (Å²) >= 11 is 0.831. The van der Waals surface area contributed by atoms with Crippen molar-refractivity contribution in [2.24, 2.45) is 0 Å². The summed E-state index contributed by atoms with van der Waals surface area (Å²) in [6, 6.07) is 0. The van der Waals surface area contributed by atoms with E-state index in [1.54, 1.807) is 5.38 Å². The normalized spacial score (nSPS) is 24.1. The maximum atomic E-state index is 12.8. The van der Waals surface area contributed by atoms with Gasteiger partial charge in [-0.2, -0.15) is 13.2 Å². The summed E-state index contributed by atoms with van der Waals surface area (Å²) in [6.07, 6.45) is -2.11. The summed E-state index contributed by atoms with van der Waals surface area (Å²) in [6.45, 7) is 1.98. The van der Waals surface area contributed by atoms with Gasteiger partial charge in [-0.3, -0.25) is 0 Å². The predicted molar refractivity (Wildman–Crippen MR) is 66.1 cm³/mol. The first-order valence-electron chi connectivity index (χ1n) is 5.21. The number of halogens is 4. The minimum absolute atomic E-state index is 0.